The first-order chi connectivity index (χ1) is 17.8. The molecule has 12 nitrogen and oxygen atoms in total. The number of piperazine rings is 1. The molecule has 0 saturated carbocycles. The van der Waals surface area contributed by atoms with E-state index in [1.807, 2.05) is 4.90 Å². The number of rotatable bonds is 7. The summed E-state index contributed by atoms with van der Waals surface area (Å²) in [6, 6.07) is 0. The summed E-state index contributed by atoms with van der Waals surface area (Å²) in [4.78, 5) is 46.6. The van der Waals surface area contributed by atoms with Gasteiger partial charge in [0.1, 0.15) is 17.8 Å². The van der Waals surface area contributed by atoms with Gasteiger partial charge in [0.25, 0.3) is 0 Å². The molecule has 4 atom stereocenters. The number of aromatic nitrogens is 1. The van der Waals surface area contributed by atoms with Crippen LogP contribution in [0.15, 0.2) is 17.6 Å². The Labute approximate surface area is 214 Å². The predicted octanol–water partition coefficient (Wildman–Crippen LogP) is -0.326. The highest BCUT2D eigenvalue weighted by molar-refractivity contribution is 5.96. The Morgan fingerprint density at radius 1 is 1.22 bits per heavy atom. The summed E-state index contributed by atoms with van der Waals surface area (Å²) in [5, 5.41) is 11.7. The van der Waals surface area contributed by atoms with Crippen LogP contribution in [0, 0.1) is 22.6 Å². The molecule has 3 fully saturated rings. The maximum absolute atomic E-state index is 15.0. The first kappa shape index (κ1) is 27.2. The van der Waals surface area contributed by atoms with Gasteiger partial charge in [-0.3, -0.25) is 24.8 Å². The number of anilines is 2. The third-order valence-corrected chi connectivity index (χ3v) is 7.36. The molecule has 2 amide bonds. The molecule has 3 saturated heterocycles. The average Bonchev–Trinajstić information content (AvgIpc) is 2.90. The number of alkyl halides is 1. The van der Waals surface area contributed by atoms with E-state index in [2.05, 4.69) is 26.1 Å². The minimum atomic E-state index is -1.41. The summed E-state index contributed by atoms with van der Waals surface area (Å²) in [6.07, 6.45) is 0.233. The number of carbonyl (C=O) groups is 2. The second kappa shape index (κ2) is 12.2. The Morgan fingerprint density at radius 2 is 1.92 bits per heavy atom. The molecule has 14 heteroatoms. The SMILES string of the molecule is CN1CC(F)CNC1C(C(=O)Nc1cncc(F)c1N1CCC(C(=O)N2CCNCC2)CC1)C(N)N=O. The molecular weight excluding hydrogens is 488 g/mol. The van der Waals surface area contributed by atoms with Crippen LogP contribution in [0.25, 0.3) is 0 Å². The molecule has 3 aliphatic heterocycles. The van der Waals surface area contributed by atoms with E-state index in [4.69, 9.17) is 5.73 Å². The van der Waals surface area contributed by atoms with E-state index in [1.165, 1.54) is 6.20 Å². The molecule has 0 aliphatic carbocycles. The lowest BCUT2D eigenvalue weighted by molar-refractivity contribution is -0.136. The number of piperidine rings is 1. The fourth-order valence-corrected chi connectivity index (χ4v) is 5.40. The van der Waals surface area contributed by atoms with Crippen molar-refractivity contribution in [1.29, 1.82) is 0 Å². The zero-order chi connectivity index (χ0) is 26.5. The summed E-state index contributed by atoms with van der Waals surface area (Å²) >= 11 is 0. The van der Waals surface area contributed by atoms with E-state index in [9.17, 15) is 18.9 Å². The summed E-state index contributed by atoms with van der Waals surface area (Å²) in [6.45, 7) is 3.84. The van der Waals surface area contributed by atoms with E-state index < -0.39 is 36.1 Å². The molecule has 37 heavy (non-hydrogen) atoms. The van der Waals surface area contributed by atoms with E-state index in [-0.39, 0.29) is 36.3 Å². The molecule has 0 bridgehead atoms. The van der Waals surface area contributed by atoms with Crippen LogP contribution >= 0.6 is 0 Å². The molecule has 204 valence electrons. The monoisotopic (exact) mass is 523 g/mol. The van der Waals surface area contributed by atoms with Gasteiger partial charge in [0.05, 0.1) is 24.2 Å². The van der Waals surface area contributed by atoms with Gasteiger partial charge in [0.15, 0.2) is 12.0 Å². The van der Waals surface area contributed by atoms with Crippen molar-refractivity contribution in [3.8, 4) is 0 Å². The Kier molecular flexibility index (Phi) is 8.95. The lowest BCUT2D eigenvalue weighted by atomic mass is 9.94. The molecule has 5 N–H and O–H groups in total. The second-order valence-electron chi connectivity index (χ2n) is 9.86. The highest BCUT2D eigenvalue weighted by Gasteiger charge is 2.40. The number of nitroso groups, excluding NO2 is 1. The largest absolute Gasteiger partial charge is 0.367 e. The summed E-state index contributed by atoms with van der Waals surface area (Å²) in [5.74, 6) is -2.44. The van der Waals surface area contributed by atoms with Crippen LogP contribution in [-0.2, 0) is 9.59 Å². The van der Waals surface area contributed by atoms with Crippen LogP contribution in [0.5, 0.6) is 0 Å². The van der Waals surface area contributed by atoms with Gasteiger partial charge in [-0.2, -0.15) is 0 Å². The van der Waals surface area contributed by atoms with Crippen LogP contribution in [-0.4, -0.2) is 105 Å². The fourth-order valence-electron chi connectivity index (χ4n) is 5.40. The Bertz CT molecular complexity index is 973. The van der Waals surface area contributed by atoms with E-state index in [0.717, 1.165) is 19.3 Å². The average molecular weight is 524 g/mol. The molecule has 4 unspecified atom stereocenters. The van der Waals surface area contributed by atoms with Gasteiger partial charge in [0, 0.05) is 58.3 Å². The Hall–Kier alpha value is -2.81. The zero-order valence-electron chi connectivity index (χ0n) is 20.9. The summed E-state index contributed by atoms with van der Waals surface area (Å²) < 4.78 is 28.8. The van der Waals surface area contributed by atoms with Gasteiger partial charge in [-0.1, -0.05) is 5.18 Å². The van der Waals surface area contributed by atoms with Crippen molar-refractivity contribution in [1.82, 2.24) is 25.4 Å². The minimum absolute atomic E-state index is 0.00125. The van der Waals surface area contributed by atoms with E-state index in [1.54, 1.807) is 16.8 Å². The highest BCUT2D eigenvalue weighted by atomic mass is 19.1. The number of nitrogens with two attached hydrogens (primary N) is 1. The Balaban J connectivity index is 1.47. The summed E-state index contributed by atoms with van der Waals surface area (Å²) in [5.41, 5.74) is 6.17. The second-order valence-corrected chi connectivity index (χ2v) is 9.86. The van der Waals surface area contributed by atoms with E-state index in [0.29, 0.717) is 39.0 Å². The van der Waals surface area contributed by atoms with Crippen LogP contribution in [0.2, 0.25) is 0 Å². The number of nitrogens with zero attached hydrogens (tertiary/aromatic N) is 5. The topological polar surface area (TPSA) is 148 Å². The Morgan fingerprint density at radius 3 is 2.57 bits per heavy atom. The lowest BCUT2D eigenvalue weighted by Crippen LogP contribution is -2.62. The van der Waals surface area contributed by atoms with Crippen LogP contribution in [0.3, 0.4) is 0 Å². The quantitative estimate of drug-likeness (QED) is 0.353. The standard InChI is InChI=1S/C23H35F2N9O3/c1-32-13-15(24)10-29-21(32)18(20(26)31-37)22(35)30-17-12-28-11-16(25)19(17)33-6-2-14(3-7-33)23(36)34-8-4-27-5-9-34/h11-12,14-15,18,20-21,27,29H,2-10,13,26H2,1H3,(H,30,35). The molecule has 0 aromatic carbocycles. The lowest BCUT2D eigenvalue weighted by Gasteiger charge is -2.40. The van der Waals surface area contributed by atoms with Crippen molar-refractivity contribution in [3.63, 3.8) is 0 Å². The third kappa shape index (κ3) is 6.20. The normalized spacial score (nSPS) is 25.4. The maximum Gasteiger partial charge on any atom is 0.234 e. The molecular formula is C23H35F2N9O3. The van der Waals surface area contributed by atoms with Crippen molar-refractivity contribution in [2.45, 2.75) is 31.3 Å². The van der Waals surface area contributed by atoms with Crippen LogP contribution < -0.4 is 26.6 Å². The van der Waals surface area contributed by atoms with Gasteiger partial charge in [-0.05, 0) is 19.9 Å². The van der Waals surface area contributed by atoms with Gasteiger partial charge in [-0.25, -0.2) is 8.78 Å². The number of hydrogen-bond donors (Lipinski definition) is 4. The molecule has 0 spiro atoms. The van der Waals surface area contributed by atoms with Gasteiger partial charge < -0.3 is 26.2 Å². The summed E-state index contributed by atoms with van der Waals surface area (Å²) in [7, 11) is 1.61. The smallest absolute Gasteiger partial charge is 0.234 e. The maximum atomic E-state index is 15.0. The van der Waals surface area contributed by atoms with Crippen molar-refractivity contribution in [2.75, 3.05) is 69.6 Å². The number of pyridine rings is 1. The number of carbonyl (C=O) groups excluding carboxylic acids is 2. The predicted molar refractivity (Wildman–Crippen MR) is 134 cm³/mol. The van der Waals surface area contributed by atoms with E-state index >= 15 is 4.39 Å². The number of nitrogens with one attached hydrogen (secondary N) is 3. The zero-order valence-corrected chi connectivity index (χ0v) is 20.9. The van der Waals surface area contributed by atoms with Crippen LogP contribution in [0.1, 0.15) is 12.8 Å². The van der Waals surface area contributed by atoms with Crippen molar-refractivity contribution in [3.05, 3.63) is 23.1 Å². The molecule has 1 aromatic rings. The molecule has 0 radical (unpaired) electrons. The number of amides is 2. The van der Waals surface area contributed by atoms with Gasteiger partial charge in [-0.15, -0.1) is 4.91 Å². The minimum Gasteiger partial charge on any atom is -0.367 e. The van der Waals surface area contributed by atoms with Gasteiger partial charge in [0.2, 0.25) is 11.8 Å². The van der Waals surface area contributed by atoms with Gasteiger partial charge >= 0.3 is 0 Å². The molecule has 3 aliphatic rings. The van der Waals surface area contributed by atoms with Crippen molar-refractivity contribution >= 4 is 23.2 Å². The molecule has 4 heterocycles. The van der Waals surface area contributed by atoms with Crippen molar-refractivity contribution in [2.24, 2.45) is 22.7 Å². The van der Waals surface area contributed by atoms with Crippen LogP contribution in [0.4, 0.5) is 20.2 Å². The molecule has 1 aromatic heterocycles. The first-order valence-corrected chi connectivity index (χ1v) is 12.6. The van der Waals surface area contributed by atoms with Crippen molar-refractivity contribution < 1.29 is 18.4 Å². The highest BCUT2D eigenvalue weighted by Crippen LogP contribution is 2.33. The fraction of sp³-hybridized carbons (Fsp3) is 0.696. The number of halogens is 2. The molecule has 4 rings (SSSR count). The number of hydrogen-bond acceptors (Lipinski definition) is 10. The third-order valence-electron chi connectivity index (χ3n) is 7.36. The first-order valence-electron chi connectivity index (χ1n) is 12.6.